The zero-order valence-corrected chi connectivity index (χ0v) is 11.1. The summed E-state index contributed by atoms with van der Waals surface area (Å²) in [5.74, 6) is -1.35. The Kier molecular flexibility index (Phi) is 3.87. The van der Waals surface area contributed by atoms with Crippen LogP contribution in [0.1, 0.15) is 36.5 Å². The van der Waals surface area contributed by atoms with Gasteiger partial charge in [-0.2, -0.15) is 0 Å². The summed E-state index contributed by atoms with van der Waals surface area (Å²) in [7, 11) is 0. The Morgan fingerprint density at radius 3 is 2.80 bits per heavy atom. The number of hydrogen-bond donors (Lipinski definition) is 1. The lowest BCUT2D eigenvalue weighted by molar-refractivity contribution is -0.385. The smallest absolute Gasteiger partial charge is 0.285 e. The largest absolute Gasteiger partial charge is 0.396 e. The Labute approximate surface area is 115 Å². The topological polar surface area (TPSA) is 89.5 Å². The third kappa shape index (κ3) is 2.56. The Bertz CT molecular complexity index is 562. The standard InChI is InChI=1S/C13H16FN3O3/c1-8-4-2-3-5-16(8)13(18)9-6-11(15)10(14)7-12(9)17(19)20/h6-8H,2-5,15H2,1H3. The van der Waals surface area contributed by atoms with Gasteiger partial charge in [-0.05, 0) is 32.3 Å². The predicted octanol–water partition coefficient (Wildman–Crippen LogP) is 2.33. The highest BCUT2D eigenvalue weighted by Crippen LogP contribution is 2.28. The van der Waals surface area contributed by atoms with Crippen LogP contribution in [-0.2, 0) is 0 Å². The molecule has 0 spiro atoms. The minimum absolute atomic E-state index is 0.0159. The van der Waals surface area contributed by atoms with Crippen LogP contribution in [0, 0.1) is 15.9 Å². The van der Waals surface area contributed by atoms with Crippen LogP contribution in [0.3, 0.4) is 0 Å². The molecule has 0 saturated carbocycles. The summed E-state index contributed by atoms with van der Waals surface area (Å²) < 4.78 is 13.3. The van der Waals surface area contributed by atoms with E-state index in [1.165, 1.54) is 0 Å². The molecule has 0 aromatic heterocycles. The number of likely N-dealkylation sites (tertiary alicyclic amines) is 1. The van der Waals surface area contributed by atoms with Crippen molar-refractivity contribution in [1.82, 2.24) is 4.90 Å². The average molecular weight is 281 g/mol. The molecule has 0 bridgehead atoms. The van der Waals surface area contributed by atoms with Gasteiger partial charge in [0.25, 0.3) is 11.6 Å². The van der Waals surface area contributed by atoms with Crippen LogP contribution >= 0.6 is 0 Å². The normalized spacial score (nSPS) is 18.9. The minimum Gasteiger partial charge on any atom is -0.396 e. The van der Waals surface area contributed by atoms with Gasteiger partial charge < -0.3 is 10.6 Å². The lowest BCUT2D eigenvalue weighted by Crippen LogP contribution is -2.42. The highest BCUT2D eigenvalue weighted by atomic mass is 19.1. The van der Waals surface area contributed by atoms with E-state index in [1.807, 2.05) is 6.92 Å². The molecule has 0 aliphatic carbocycles. The minimum atomic E-state index is -0.889. The first kappa shape index (κ1) is 14.2. The number of rotatable bonds is 2. The number of piperidine rings is 1. The molecular formula is C13H16FN3O3. The highest BCUT2D eigenvalue weighted by Gasteiger charge is 2.30. The van der Waals surface area contributed by atoms with Gasteiger partial charge >= 0.3 is 0 Å². The van der Waals surface area contributed by atoms with Gasteiger partial charge in [0.15, 0.2) is 5.82 Å². The van der Waals surface area contributed by atoms with E-state index in [9.17, 15) is 19.3 Å². The number of carbonyl (C=O) groups excluding carboxylic acids is 1. The molecule has 1 atom stereocenters. The van der Waals surface area contributed by atoms with Gasteiger partial charge in [0.1, 0.15) is 5.56 Å². The van der Waals surface area contributed by atoms with Crippen molar-refractivity contribution in [1.29, 1.82) is 0 Å². The summed E-state index contributed by atoms with van der Waals surface area (Å²) in [6.45, 7) is 2.45. The summed E-state index contributed by atoms with van der Waals surface area (Å²) >= 11 is 0. The van der Waals surface area contributed by atoms with E-state index >= 15 is 0 Å². The number of nitrogens with zero attached hydrogens (tertiary/aromatic N) is 2. The zero-order chi connectivity index (χ0) is 14.9. The number of nitrogens with two attached hydrogens (primary N) is 1. The average Bonchev–Trinajstić information content (AvgIpc) is 2.41. The fraction of sp³-hybridized carbons (Fsp3) is 0.462. The molecule has 1 aromatic carbocycles. The Hall–Kier alpha value is -2.18. The molecule has 1 unspecified atom stereocenters. The van der Waals surface area contributed by atoms with Gasteiger partial charge in [-0.25, -0.2) is 4.39 Å². The van der Waals surface area contributed by atoms with E-state index in [-0.39, 0.29) is 17.3 Å². The first-order valence-corrected chi connectivity index (χ1v) is 6.46. The van der Waals surface area contributed by atoms with E-state index in [0.29, 0.717) is 12.6 Å². The van der Waals surface area contributed by atoms with Crippen molar-refractivity contribution in [3.63, 3.8) is 0 Å². The fourth-order valence-corrected chi connectivity index (χ4v) is 2.46. The lowest BCUT2D eigenvalue weighted by atomic mass is 10.0. The Balaban J connectivity index is 2.42. The summed E-state index contributed by atoms with van der Waals surface area (Å²) in [6.07, 6.45) is 2.75. The summed E-state index contributed by atoms with van der Waals surface area (Å²) in [5, 5.41) is 11.0. The van der Waals surface area contributed by atoms with Crippen molar-refractivity contribution < 1.29 is 14.1 Å². The molecule has 1 aromatic rings. The van der Waals surface area contributed by atoms with E-state index in [2.05, 4.69) is 0 Å². The molecule has 1 aliphatic heterocycles. The number of amides is 1. The SMILES string of the molecule is CC1CCCCN1C(=O)c1cc(N)c(F)cc1[N+](=O)[O-]. The van der Waals surface area contributed by atoms with Crippen LogP contribution < -0.4 is 5.73 Å². The first-order valence-electron chi connectivity index (χ1n) is 6.46. The first-order chi connectivity index (χ1) is 9.41. The number of carbonyl (C=O) groups is 1. The van der Waals surface area contributed by atoms with Crippen molar-refractivity contribution >= 4 is 17.3 Å². The van der Waals surface area contributed by atoms with Gasteiger partial charge in [-0.15, -0.1) is 0 Å². The Morgan fingerprint density at radius 2 is 2.20 bits per heavy atom. The molecule has 20 heavy (non-hydrogen) atoms. The number of hydrogen-bond acceptors (Lipinski definition) is 4. The quantitative estimate of drug-likeness (QED) is 0.512. The summed E-state index contributed by atoms with van der Waals surface area (Å²) in [4.78, 5) is 24.3. The number of benzene rings is 1. The number of anilines is 1. The van der Waals surface area contributed by atoms with Gasteiger partial charge in [0.2, 0.25) is 0 Å². The number of nitro groups is 1. The number of halogens is 1. The summed E-state index contributed by atoms with van der Waals surface area (Å²) in [6, 6.07) is 1.77. The van der Waals surface area contributed by atoms with Crippen molar-refractivity contribution in [3.8, 4) is 0 Å². The van der Waals surface area contributed by atoms with Gasteiger partial charge in [-0.3, -0.25) is 14.9 Å². The zero-order valence-electron chi connectivity index (χ0n) is 11.1. The lowest BCUT2D eigenvalue weighted by Gasteiger charge is -2.33. The third-order valence-corrected chi connectivity index (χ3v) is 3.61. The molecule has 2 rings (SSSR count). The monoisotopic (exact) mass is 281 g/mol. The second-order valence-corrected chi connectivity index (χ2v) is 4.99. The van der Waals surface area contributed by atoms with Crippen molar-refractivity contribution in [2.24, 2.45) is 0 Å². The molecule has 1 heterocycles. The molecule has 7 heteroatoms. The molecule has 1 aliphatic rings. The third-order valence-electron chi connectivity index (χ3n) is 3.61. The molecule has 1 fully saturated rings. The molecule has 6 nitrogen and oxygen atoms in total. The number of nitrogen functional groups attached to an aromatic ring is 1. The van der Waals surface area contributed by atoms with E-state index in [0.717, 1.165) is 25.3 Å². The fourth-order valence-electron chi connectivity index (χ4n) is 2.46. The maximum Gasteiger partial charge on any atom is 0.285 e. The van der Waals surface area contributed by atoms with Crippen LogP contribution in [0.15, 0.2) is 12.1 Å². The molecule has 1 amide bonds. The van der Waals surface area contributed by atoms with Crippen LogP contribution in [0.25, 0.3) is 0 Å². The van der Waals surface area contributed by atoms with Crippen LogP contribution in [0.4, 0.5) is 15.8 Å². The van der Waals surface area contributed by atoms with Crippen molar-refractivity contribution in [2.75, 3.05) is 12.3 Å². The van der Waals surface area contributed by atoms with Crippen molar-refractivity contribution in [2.45, 2.75) is 32.2 Å². The summed E-state index contributed by atoms with van der Waals surface area (Å²) in [5.41, 5.74) is 4.47. The predicted molar refractivity (Wildman–Crippen MR) is 71.8 cm³/mol. The van der Waals surface area contributed by atoms with E-state index in [4.69, 9.17) is 5.73 Å². The number of nitro benzene ring substituents is 1. The molecule has 0 radical (unpaired) electrons. The van der Waals surface area contributed by atoms with Gasteiger partial charge in [0.05, 0.1) is 16.7 Å². The maximum atomic E-state index is 13.3. The van der Waals surface area contributed by atoms with E-state index in [1.54, 1.807) is 4.90 Å². The second-order valence-electron chi connectivity index (χ2n) is 4.99. The van der Waals surface area contributed by atoms with Crippen LogP contribution in [0.5, 0.6) is 0 Å². The van der Waals surface area contributed by atoms with Gasteiger partial charge in [0, 0.05) is 12.6 Å². The molecule has 108 valence electrons. The molecule has 2 N–H and O–H groups in total. The second kappa shape index (κ2) is 5.44. The van der Waals surface area contributed by atoms with Crippen molar-refractivity contribution in [3.05, 3.63) is 33.6 Å². The van der Waals surface area contributed by atoms with Crippen LogP contribution in [-0.4, -0.2) is 28.3 Å². The van der Waals surface area contributed by atoms with Crippen LogP contribution in [0.2, 0.25) is 0 Å². The Morgan fingerprint density at radius 1 is 1.50 bits per heavy atom. The maximum absolute atomic E-state index is 13.3. The molecule has 1 saturated heterocycles. The highest BCUT2D eigenvalue weighted by molar-refractivity contribution is 5.99. The van der Waals surface area contributed by atoms with E-state index < -0.39 is 22.3 Å². The van der Waals surface area contributed by atoms with Gasteiger partial charge in [-0.1, -0.05) is 0 Å². The molecular weight excluding hydrogens is 265 g/mol.